The Labute approximate surface area is 176 Å². The van der Waals surface area contributed by atoms with Crippen molar-refractivity contribution in [3.8, 4) is 0 Å². The zero-order chi connectivity index (χ0) is 20.2. The van der Waals surface area contributed by atoms with E-state index in [1.54, 1.807) is 23.1 Å². The molecule has 2 aromatic heterocycles. The highest BCUT2D eigenvalue weighted by Crippen LogP contribution is 2.30. The molecule has 29 heavy (non-hydrogen) atoms. The Bertz CT molecular complexity index is 1120. The minimum atomic E-state index is -0.0673. The number of rotatable bonds is 7. The van der Waals surface area contributed by atoms with Crippen molar-refractivity contribution in [2.24, 2.45) is 0 Å². The third kappa shape index (κ3) is 5.02. The van der Waals surface area contributed by atoms with Crippen LogP contribution in [0.1, 0.15) is 29.3 Å². The van der Waals surface area contributed by atoms with Crippen LogP contribution < -0.4 is 5.32 Å². The second-order valence-corrected chi connectivity index (χ2v) is 8.96. The SMILES string of the molecule is Cc1ccc(C)c(NC(=O)CCc2nc(CSc3nc4ccccc4s3)no2)c1. The second kappa shape index (κ2) is 8.75. The van der Waals surface area contributed by atoms with E-state index in [2.05, 4.69) is 26.5 Å². The quantitative estimate of drug-likeness (QED) is 0.413. The van der Waals surface area contributed by atoms with Crippen LogP contribution in [0.5, 0.6) is 0 Å². The molecule has 1 N–H and O–H groups in total. The first-order valence-electron chi connectivity index (χ1n) is 9.24. The lowest BCUT2D eigenvalue weighted by Gasteiger charge is -2.08. The van der Waals surface area contributed by atoms with E-state index in [0.717, 1.165) is 26.7 Å². The summed E-state index contributed by atoms with van der Waals surface area (Å²) in [4.78, 5) is 21.2. The number of nitrogens with zero attached hydrogens (tertiary/aromatic N) is 3. The number of carbonyl (C=O) groups is 1. The number of nitrogens with one attached hydrogen (secondary N) is 1. The number of benzene rings is 2. The van der Waals surface area contributed by atoms with Gasteiger partial charge in [0.05, 0.1) is 16.0 Å². The molecule has 6 nitrogen and oxygen atoms in total. The molecule has 0 unspecified atom stereocenters. The third-order valence-corrected chi connectivity index (χ3v) is 6.52. The summed E-state index contributed by atoms with van der Waals surface area (Å²) in [6.07, 6.45) is 0.704. The summed E-state index contributed by atoms with van der Waals surface area (Å²) in [7, 11) is 0. The van der Waals surface area contributed by atoms with Gasteiger partial charge in [-0.25, -0.2) is 4.98 Å². The van der Waals surface area contributed by atoms with E-state index >= 15 is 0 Å². The van der Waals surface area contributed by atoms with Crippen LogP contribution in [0.2, 0.25) is 0 Å². The van der Waals surface area contributed by atoms with Crippen molar-refractivity contribution in [2.45, 2.75) is 36.8 Å². The molecule has 0 bridgehead atoms. The van der Waals surface area contributed by atoms with Gasteiger partial charge in [-0.1, -0.05) is 41.2 Å². The van der Waals surface area contributed by atoms with E-state index in [0.29, 0.717) is 30.3 Å². The van der Waals surface area contributed by atoms with Gasteiger partial charge in [-0.15, -0.1) is 11.3 Å². The standard InChI is InChI=1S/C21H20N4O2S2/c1-13-7-8-14(2)16(11-13)22-19(26)9-10-20-24-18(25-27-20)12-28-21-23-15-5-3-4-6-17(15)29-21/h3-8,11H,9-10,12H2,1-2H3,(H,22,26). The highest BCUT2D eigenvalue weighted by Gasteiger charge is 2.12. The van der Waals surface area contributed by atoms with Crippen molar-refractivity contribution in [1.82, 2.24) is 15.1 Å². The Morgan fingerprint density at radius 1 is 1.17 bits per heavy atom. The Morgan fingerprint density at radius 3 is 2.90 bits per heavy atom. The van der Waals surface area contributed by atoms with Crippen LogP contribution >= 0.6 is 23.1 Å². The molecule has 0 saturated carbocycles. The van der Waals surface area contributed by atoms with Crippen molar-refractivity contribution >= 4 is 44.9 Å². The summed E-state index contributed by atoms with van der Waals surface area (Å²) < 4.78 is 7.43. The van der Waals surface area contributed by atoms with Gasteiger partial charge in [0.1, 0.15) is 0 Å². The van der Waals surface area contributed by atoms with Gasteiger partial charge in [-0.2, -0.15) is 4.98 Å². The van der Waals surface area contributed by atoms with Crippen LogP contribution in [0, 0.1) is 13.8 Å². The van der Waals surface area contributed by atoms with Crippen molar-refractivity contribution in [3.05, 3.63) is 65.3 Å². The molecule has 148 valence electrons. The van der Waals surface area contributed by atoms with Crippen molar-refractivity contribution < 1.29 is 9.32 Å². The number of fused-ring (bicyclic) bond motifs is 1. The van der Waals surface area contributed by atoms with Crippen LogP contribution in [-0.2, 0) is 17.0 Å². The summed E-state index contributed by atoms with van der Waals surface area (Å²) >= 11 is 3.24. The fourth-order valence-electron chi connectivity index (χ4n) is 2.79. The topological polar surface area (TPSA) is 80.9 Å². The predicted molar refractivity (Wildman–Crippen MR) is 116 cm³/mol. The molecule has 8 heteroatoms. The monoisotopic (exact) mass is 424 g/mol. The summed E-state index contributed by atoms with van der Waals surface area (Å²) in [5.41, 5.74) is 3.99. The zero-order valence-electron chi connectivity index (χ0n) is 16.1. The number of aryl methyl sites for hydroxylation is 3. The molecule has 2 heterocycles. The number of thiazole rings is 1. The van der Waals surface area contributed by atoms with Gasteiger partial charge >= 0.3 is 0 Å². The van der Waals surface area contributed by atoms with Gasteiger partial charge < -0.3 is 9.84 Å². The fraction of sp³-hybridized carbons (Fsp3) is 0.238. The highest BCUT2D eigenvalue weighted by molar-refractivity contribution is 8.00. The molecular formula is C21H20N4O2S2. The van der Waals surface area contributed by atoms with Crippen molar-refractivity contribution in [1.29, 1.82) is 0 Å². The molecule has 1 amide bonds. The highest BCUT2D eigenvalue weighted by atomic mass is 32.2. The number of thioether (sulfide) groups is 1. The van der Waals surface area contributed by atoms with E-state index in [-0.39, 0.29) is 5.91 Å². The van der Waals surface area contributed by atoms with Gasteiger partial charge in [-0.05, 0) is 43.2 Å². The molecule has 4 aromatic rings. The minimum absolute atomic E-state index is 0.0673. The lowest BCUT2D eigenvalue weighted by atomic mass is 10.1. The molecule has 0 fully saturated rings. The minimum Gasteiger partial charge on any atom is -0.339 e. The van der Waals surface area contributed by atoms with E-state index < -0.39 is 0 Å². The molecule has 0 aliphatic carbocycles. The molecule has 0 spiro atoms. The number of anilines is 1. The van der Waals surface area contributed by atoms with Crippen LogP contribution in [-0.4, -0.2) is 21.0 Å². The van der Waals surface area contributed by atoms with Crippen LogP contribution in [0.15, 0.2) is 51.3 Å². The number of para-hydroxylation sites is 1. The first-order chi connectivity index (χ1) is 14.1. The largest absolute Gasteiger partial charge is 0.339 e. The summed E-state index contributed by atoms with van der Waals surface area (Å²) in [5, 5.41) is 6.96. The molecule has 0 aliphatic heterocycles. The maximum absolute atomic E-state index is 12.2. The second-order valence-electron chi connectivity index (χ2n) is 6.71. The molecular weight excluding hydrogens is 404 g/mol. The Kier molecular flexibility index (Phi) is 5.92. The average Bonchev–Trinajstić information content (AvgIpc) is 3.34. The number of hydrogen-bond donors (Lipinski definition) is 1. The molecule has 2 aromatic carbocycles. The van der Waals surface area contributed by atoms with Gasteiger partial charge in [0.2, 0.25) is 11.8 Å². The zero-order valence-corrected chi connectivity index (χ0v) is 17.8. The van der Waals surface area contributed by atoms with Gasteiger partial charge in [0, 0.05) is 18.5 Å². The number of aromatic nitrogens is 3. The lowest BCUT2D eigenvalue weighted by Crippen LogP contribution is -2.13. The Hall–Kier alpha value is -2.71. The van der Waals surface area contributed by atoms with Crippen LogP contribution in [0.3, 0.4) is 0 Å². The first kappa shape index (κ1) is 19.6. The maximum Gasteiger partial charge on any atom is 0.227 e. The predicted octanol–water partition coefficient (Wildman–Crippen LogP) is 5.16. The Balaban J connectivity index is 1.28. The van der Waals surface area contributed by atoms with Crippen LogP contribution in [0.25, 0.3) is 10.2 Å². The van der Waals surface area contributed by atoms with Gasteiger partial charge in [0.25, 0.3) is 0 Å². The first-order valence-corrected chi connectivity index (χ1v) is 11.0. The summed E-state index contributed by atoms with van der Waals surface area (Å²) in [6, 6.07) is 14.1. The van der Waals surface area contributed by atoms with E-state index in [4.69, 9.17) is 4.52 Å². The lowest BCUT2D eigenvalue weighted by molar-refractivity contribution is -0.116. The number of hydrogen-bond acceptors (Lipinski definition) is 7. The molecule has 0 radical (unpaired) electrons. The van der Waals surface area contributed by atoms with E-state index in [1.807, 2.05) is 50.2 Å². The van der Waals surface area contributed by atoms with Crippen LogP contribution in [0.4, 0.5) is 5.69 Å². The molecule has 0 atom stereocenters. The number of carbonyl (C=O) groups excluding carboxylic acids is 1. The van der Waals surface area contributed by atoms with E-state index in [1.165, 1.54) is 4.70 Å². The molecule has 0 aliphatic rings. The van der Waals surface area contributed by atoms with Gasteiger partial charge in [-0.3, -0.25) is 4.79 Å². The number of amides is 1. The molecule has 4 rings (SSSR count). The Morgan fingerprint density at radius 2 is 2.03 bits per heavy atom. The third-order valence-electron chi connectivity index (χ3n) is 4.34. The summed E-state index contributed by atoms with van der Waals surface area (Å²) in [5.74, 6) is 1.60. The van der Waals surface area contributed by atoms with E-state index in [9.17, 15) is 4.79 Å². The summed E-state index contributed by atoms with van der Waals surface area (Å²) in [6.45, 7) is 3.98. The van der Waals surface area contributed by atoms with Gasteiger partial charge in [0.15, 0.2) is 10.2 Å². The smallest absolute Gasteiger partial charge is 0.227 e. The van der Waals surface area contributed by atoms with Crippen molar-refractivity contribution in [2.75, 3.05) is 5.32 Å². The average molecular weight is 425 g/mol. The fourth-order valence-corrected chi connectivity index (χ4v) is 4.70. The van der Waals surface area contributed by atoms with Crippen molar-refractivity contribution in [3.63, 3.8) is 0 Å². The maximum atomic E-state index is 12.2. The molecule has 0 saturated heterocycles. The normalized spacial score (nSPS) is 11.1.